The summed E-state index contributed by atoms with van der Waals surface area (Å²) in [5.41, 5.74) is 0.785. The summed E-state index contributed by atoms with van der Waals surface area (Å²) >= 11 is 0. The predicted octanol–water partition coefficient (Wildman–Crippen LogP) is -0.879. The highest BCUT2D eigenvalue weighted by Gasteiger charge is 2.29. The van der Waals surface area contributed by atoms with Crippen LogP contribution in [0.15, 0.2) is 42.5 Å². The van der Waals surface area contributed by atoms with E-state index in [0.717, 1.165) is 16.3 Å². The zero-order valence-electron chi connectivity index (χ0n) is 41.3. The second kappa shape index (κ2) is 30.8. The van der Waals surface area contributed by atoms with Crippen LogP contribution in [0.3, 0.4) is 0 Å². The van der Waals surface area contributed by atoms with Crippen LogP contribution in [0.1, 0.15) is 50.5 Å². The molecule has 26 heteroatoms. The van der Waals surface area contributed by atoms with E-state index in [-0.39, 0.29) is 110 Å². The van der Waals surface area contributed by atoms with Crippen LogP contribution in [0.4, 0.5) is 9.59 Å². The molecule has 2 fully saturated rings. The number of hydrogen-bond acceptors (Lipinski definition) is 14. The number of carbonyl (C=O) groups excluding carboxylic acids is 4. The van der Waals surface area contributed by atoms with E-state index in [1.807, 2.05) is 47.4 Å². The molecule has 2 aromatic carbocycles. The Morgan fingerprint density at radius 1 is 0.527 bits per heavy atom. The van der Waals surface area contributed by atoms with Crippen molar-refractivity contribution in [1.29, 1.82) is 0 Å². The smallest absolute Gasteiger partial charge is 0.326 e. The molecule has 0 bridgehead atoms. The van der Waals surface area contributed by atoms with Gasteiger partial charge in [-0.3, -0.25) is 48.4 Å². The summed E-state index contributed by atoms with van der Waals surface area (Å²) in [5, 5.41) is 71.2. The molecule has 0 radical (unpaired) electrons. The number of fused-ring (bicyclic) bond motifs is 1. The molecule has 74 heavy (non-hydrogen) atoms. The molecule has 0 aliphatic carbocycles. The molecule has 4 rings (SSSR count). The zero-order chi connectivity index (χ0) is 54.2. The number of benzene rings is 2. The Bertz CT molecular complexity index is 2230. The van der Waals surface area contributed by atoms with E-state index in [9.17, 15) is 73.5 Å². The van der Waals surface area contributed by atoms with Gasteiger partial charge in [-0.05, 0) is 60.8 Å². The molecule has 0 saturated carbocycles. The molecule has 6 amide bonds. The summed E-state index contributed by atoms with van der Waals surface area (Å²) < 4.78 is 0. The SMILES string of the molecule is O=C(O)CC[C@H](NC(=O)N[C@@H](CCCCNC(=O)[C@H](Cc1ccc2ccccc2c1)NC(=O)N1CCC(CNC(=O)CN2CCN(CC(=O)O)CCN(CC(=O)O)CCN(CC(=O)O)CC2)CC1)C(=O)O)C(=O)O. The number of rotatable bonds is 26. The Morgan fingerprint density at radius 2 is 1.03 bits per heavy atom. The number of piperidine rings is 1. The third kappa shape index (κ3) is 22.3. The molecular formula is C48H70N10O16. The average molecular weight is 1040 g/mol. The van der Waals surface area contributed by atoms with Crippen molar-refractivity contribution >= 4 is 70.5 Å². The van der Waals surface area contributed by atoms with Gasteiger partial charge in [-0.2, -0.15) is 0 Å². The Balaban J connectivity index is 1.30. The molecule has 26 nitrogen and oxygen atoms in total. The average Bonchev–Trinajstić information content (AvgIpc) is 3.34. The molecule has 0 spiro atoms. The van der Waals surface area contributed by atoms with Gasteiger partial charge in [-0.1, -0.05) is 42.5 Å². The van der Waals surface area contributed by atoms with Crippen molar-refractivity contribution in [2.24, 2.45) is 5.92 Å². The number of nitrogens with zero attached hydrogens (tertiary/aromatic N) is 5. The lowest BCUT2D eigenvalue weighted by Crippen LogP contribution is -2.54. The topological polar surface area (TPSA) is 368 Å². The van der Waals surface area contributed by atoms with Gasteiger partial charge in [0.15, 0.2) is 0 Å². The normalized spacial score (nSPS) is 17.1. The van der Waals surface area contributed by atoms with Crippen molar-refractivity contribution in [3.05, 3.63) is 48.0 Å². The number of amides is 6. The van der Waals surface area contributed by atoms with Gasteiger partial charge in [-0.15, -0.1) is 0 Å². The van der Waals surface area contributed by atoms with Gasteiger partial charge in [0.1, 0.15) is 18.1 Å². The zero-order valence-corrected chi connectivity index (χ0v) is 41.3. The van der Waals surface area contributed by atoms with Crippen molar-refractivity contribution in [2.75, 3.05) is 105 Å². The quantitative estimate of drug-likeness (QED) is 0.0510. The fourth-order valence-corrected chi connectivity index (χ4v) is 8.64. The first-order chi connectivity index (χ1) is 35.2. The molecular weight excluding hydrogens is 973 g/mol. The Morgan fingerprint density at radius 3 is 1.53 bits per heavy atom. The van der Waals surface area contributed by atoms with Gasteiger partial charge in [0, 0.05) is 91.4 Å². The molecule has 3 atom stereocenters. The predicted molar refractivity (Wildman–Crippen MR) is 264 cm³/mol. The minimum absolute atomic E-state index is 0.0210. The minimum atomic E-state index is -1.55. The fourth-order valence-electron chi connectivity index (χ4n) is 8.64. The van der Waals surface area contributed by atoms with Crippen LogP contribution in [0.2, 0.25) is 0 Å². The maximum absolute atomic E-state index is 13.8. The van der Waals surface area contributed by atoms with Crippen LogP contribution < -0.4 is 26.6 Å². The molecule has 0 aromatic heterocycles. The van der Waals surface area contributed by atoms with E-state index < -0.39 is 84.8 Å². The highest BCUT2D eigenvalue weighted by atomic mass is 16.4. The van der Waals surface area contributed by atoms with Gasteiger partial charge in [0.25, 0.3) is 0 Å². The first-order valence-corrected chi connectivity index (χ1v) is 24.6. The Labute approximate surface area is 427 Å². The number of urea groups is 2. The van der Waals surface area contributed by atoms with Crippen LogP contribution in [0, 0.1) is 5.92 Å². The van der Waals surface area contributed by atoms with Crippen LogP contribution in [-0.4, -0.2) is 238 Å². The number of unbranched alkanes of at least 4 members (excludes halogenated alkanes) is 1. The summed E-state index contributed by atoms with van der Waals surface area (Å²) in [5.74, 6) is -8.06. The second-order valence-corrected chi connectivity index (χ2v) is 18.5. The summed E-state index contributed by atoms with van der Waals surface area (Å²) in [4.78, 5) is 131. The lowest BCUT2D eigenvalue weighted by molar-refractivity contribution is -0.141. The van der Waals surface area contributed by atoms with Crippen molar-refractivity contribution < 1.29 is 78.6 Å². The largest absolute Gasteiger partial charge is 0.481 e. The van der Waals surface area contributed by atoms with Gasteiger partial charge in [0.2, 0.25) is 11.8 Å². The number of aliphatic carboxylic acids is 6. The van der Waals surface area contributed by atoms with Gasteiger partial charge < -0.3 is 62.1 Å². The van der Waals surface area contributed by atoms with E-state index in [4.69, 9.17) is 5.11 Å². The highest BCUT2D eigenvalue weighted by molar-refractivity contribution is 5.89. The van der Waals surface area contributed by atoms with E-state index >= 15 is 0 Å². The molecule has 0 unspecified atom stereocenters. The number of nitrogens with one attached hydrogen (secondary N) is 5. The minimum Gasteiger partial charge on any atom is -0.481 e. The number of carboxylic acid groups (broad SMARTS) is 6. The Kier molecular flexibility index (Phi) is 24.7. The Hall–Kier alpha value is -7.16. The summed E-state index contributed by atoms with van der Waals surface area (Å²) in [6, 6.07) is 7.86. The molecule has 2 heterocycles. The summed E-state index contributed by atoms with van der Waals surface area (Å²) in [6.45, 7) is 2.30. The molecule has 11 N–H and O–H groups in total. The van der Waals surface area contributed by atoms with Crippen LogP contribution >= 0.6 is 0 Å². The monoisotopic (exact) mass is 1040 g/mol. The second-order valence-electron chi connectivity index (χ2n) is 18.5. The van der Waals surface area contributed by atoms with Crippen LogP contribution in [0.25, 0.3) is 10.8 Å². The van der Waals surface area contributed by atoms with Crippen molar-refractivity contribution in [1.82, 2.24) is 51.1 Å². The van der Waals surface area contributed by atoms with Crippen molar-refractivity contribution in [2.45, 2.75) is 69.5 Å². The number of hydrogen-bond donors (Lipinski definition) is 11. The molecule has 2 aliphatic heterocycles. The van der Waals surface area contributed by atoms with E-state index in [2.05, 4.69) is 26.6 Å². The number of carbonyl (C=O) groups is 10. The third-order valence-electron chi connectivity index (χ3n) is 12.8. The first kappa shape index (κ1) is 59.4. The number of carboxylic acids is 6. The summed E-state index contributed by atoms with van der Waals surface area (Å²) in [6.07, 6.45) is 0.707. The molecule has 2 aromatic rings. The van der Waals surface area contributed by atoms with E-state index in [0.29, 0.717) is 45.6 Å². The van der Waals surface area contributed by atoms with Gasteiger partial charge >= 0.3 is 47.9 Å². The lowest BCUT2D eigenvalue weighted by Gasteiger charge is -2.34. The van der Waals surface area contributed by atoms with Crippen molar-refractivity contribution in [3.8, 4) is 0 Å². The third-order valence-corrected chi connectivity index (χ3v) is 12.8. The summed E-state index contributed by atoms with van der Waals surface area (Å²) in [7, 11) is 0. The maximum Gasteiger partial charge on any atom is 0.326 e. The van der Waals surface area contributed by atoms with Gasteiger partial charge in [0.05, 0.1) is 26.2 Å². The lowest BCUT2D eigenvalue weighted by atomic mass is 9.97. The van der Waals surface area contributed by atoms with Gasteiger partial charge in [-0.25, -0.2) is 19.2 Å². The molecule has 2 aliphatic rings. The highest BCUT2D eigenvalue weighted by Crippen LogP contribution is 2.19. The molecule has 408 valence electrons. The standard InChI is InChI=1S/C48H70N10O16/c59-39(28-54-17-19-55(29-41(62)63)21-23-57(31-43(66)67)24-22-56(20-18-54)30-42(64)65)50-27-32-12-15-58(16-13-32)48(74)53-38(26-33-8-9-34-5-1-2-6-35(34)25-33)44(68)49-14-4-3-7-36(45(69)70)51-47(73)52-37(46(71)72)10-11-40(60)61/h1-2,5-6,8-9,25,32,36-38H,3-4,7,10-24,26-31H2,(H,49,68)(H,50,59)(H,53,74)(H,60,61)(H,62,63)(H,64,65)(H,66,67)(H,69,70)(H,71,72)(H2,51,52,73)/t36-,37-,38-/m0/s1. The fraction of sp³-hybridized carbons (Fsp3) is 0.583. The molecule has 2 saturated heterocycles. The van der Waals surface area contributed by atoms with Crippen molar-refractivity contribution in [3.63, 3.8) is 0 Å². The van der Waals surface area contributed by atoms with Crippen LogP contribution in [0.5, 0.6) is 0 Å². The van der Waals surface area contributed by atoms with E-state index in [1.165, 1.54) is 0 Å². The number of likely N-dealkylation sites (tertiary alicyclic amines) is 1. The van der Waals surface area contributed by atoms with Crippen LogP contribution in [-0.2, 0) is 44.8 Å². The maximum atomic E-state index is 13.8. The van der Waals surface area contributed by atoms with E-state index in [1.54, 1.807) is 19.6 Å². The first-order valence-electron chi connectivity index (χ1n) is 24.6.